The smallest absolute Gasteiger partial charge is 0.130 e. The van der Waals surface area contributed by atoms with Crippen LogP contribution in [0.25, 0.3) is 0 Å². The van der Waals surface area contributed by atoms with Gasteiger partial charge in [0.25, 0.3) is 0 Å². The summed E-state index contributed by atoms with van der Waals surface area (Å²) in [6, 6.07) is 4.19. The Morgan fingerprint density at radius 1 is 1.31 bits per heavy atom. The molecule has 0 aliphatic heterocycles. The van der Waals surface area contributed by atoms with Gasteiger partial charge in [0.1, 0.15) is 5.82 Å². The quantitative estimate of drug-likeness (QED) is 0.844. The molecule has 1 unspecified atom stereocenters. The third-order valence-electron chi connectivity index (χ3n) is 2.67. The van der Waals surface area contributed by atoms with Crippen molar-refractivity contribution in [3.8, 4) is 0 Å². The van der Waals surface area contributed by atoms with Crippen LogP contribution in [-0.4, -0.2) is 21.6 Å². The van der Waals surface area contributed by atoms with Gasteiger partial charge < -0.3 is 9.88 Å². The van der Waals surface area contributed by atoms with Crippen molar-refractivity contribution in [2.24, 2.45) is 7.05 Å². The zero-order valence-corrected chi connectivity index (χ0v) is 9.81. The molecule has 0 aliphatic rings. The molecule has 0 amide bonds. The minimum absolute atomic E-state index is 0.0908. The molecule has 2 aromatic rings. The van der Waals surface area contributed by atoms with Crippen LogP contribution in [0.4, 0.5) is 0 Å². The third-order valence-corrected chi connectivity index (χ3v) is 2.67. The number of rotatable bonds is 3. The van der Waals surface area contributed by atoms with Crippen LogP contribution in [0.2, 0.25) is 0 Å². The maximum atomic E-state index is 4.36. The molecule has 84 valence electrons. The molecular formula is C12H16N4. The van der Waals surface area contributed by atoms with Crippen LogP contribution in [0.1, 0.15) is 23.1 Å². The highest BCUT2D eigenvalue weighted by Crippen LogP contribution is 2.18. The van der Waals surface area contributed by atoms with Gasteiger partial charge >= 0.3 is 0 Å². The number of pyridine rings is 1. The first-order valence-corrected chi connectivity index (χ1v) is 5.29. The Hall–Kier alpha value is -1.68. The van der Waals surface area contributed by atoms with E-state index in [1.54, 1.807) is 6.20 Å². The first kappa shape index (κ1) is 10.8. The van der Waals surface area contributed by atoms with E-state index in [1.165, 1.54) is 0 Å². The molecule has 0 aliphatic carbocycles. The van der Waals surface area contributed by atoms with Gasteiger partial charge in [0.05, 0.1) is 6.04 Å². The SMILES string of the molecule is CNC(c1ccc(C)nc1)c1nccn1C. The van der Waals surface area contributed by atoms with Crippen LogP contribution < -0.4 is 5.32 Å². The standard InChI is InChI=1S/C12H16N4/c1-9-4-5-10(8-15-9)11(13-2)12-14-6-7-16(12)3/h4-8,11,13H,1-3H3. The average molecular weight is 216 g/mol. The van der Waals surface area contributed by atoms with Crippen molar-refractivity contribution in [2.75, 3.05) is 7.05 Å². The Labute approximate surface area is 95.4 Å². The summed E-state index contributed by atoms with van der Waals surface area (Å²) in [5.74, 6) is 0.994. The molecule has 4 nitrogen and oxygen atoms in total. The monoisotopic (exact) mass is 216 g/mol. The van der Waals surface area contributed by atoms with Gasteiger partial charge in [-0.15, -0.1) is 0 Å². The number of aryl methyl sites for hydroxylation is 2. The van der Waals surface area contributed by atoms with E-state index in [-0.39, 0.29) is 6.04 Å². The number of nitrogens with one attached hydrogen (secondary N) is 1. The summed E-state index contributed by atoms with van der Waals surface area (Å²) in [4.78, 5) is 8.67. The molecule has 4 heteroatoms. The normalized spacial score (nSPS) is 12.7. The molecule has 16 heavy (non-hydrogen) atoms. The van der Waals surface area contributed by atoms with Gasteiger partial charge in [-0.25, -0.2) is 4.98 Å². The maximum absolute atomic E-state index is 4.36. The average Bonchev–Trinajstić information content (AvgIpc) is 2.69. The first-order chi connectivity index (χ1) is 7.72. The summed E-state index contributed by atoms with van der Waals surface area (Å²) in [6.07, 6.45) is 5.65. The molecule has 0 saturated heterocycles. The molecular weight excluding hydrogens is 200 g/mol. The van der Waals surface area contributed by atoms with E-state index in [2.05, 4.69) is 21.4 Å². The van der Waals surface area contributed by atoms with Gasteiger partial charge in [0.15, 0.2) is 0 Å². The van der Waals surface area contributed by atoms with E-state index in [0.717, 1.165) is 17.1 Å². The van der Waals surface area contributed by atoms with Crippen molar-refractivity contribution in [3.05, 3.63) is 47.8 Å². The largest absolute Gasteiger partial charge is 0.336 e. The van der Waals surface area contributed by atoms with Gasteiger partial charge in [-0.2, -0.15) is 0 Å². The summed E-state index contributed by atoms with van der Waals surface area (Å²) >= 11 is 0. The van der Waals surface area contributed by atoms with E-state index >= 15 is 0 Å². The summed E-state index contributed by atoms with van der Waals surface area (Å²) in [7, 11) is 3.92. The minimum Gasteiger partial charge on any atom is -0.336 e. The van der Waals surface area contributed by atoms with E-state index in [0.29, 0.717) is 0 Å². The van der Waals surface area contributed by atoms with Crippen LogP contribution in [0, 0.1) is 6.92 Å². The lowest BCUT2D eigenvalue weighted by molar-refractivity contribution is 0.615. The lowest BCUT2D eigenvalue weighted by Gasteiger charge is -2.16. The Morgan fingerprint density at radius 3 is 2.62 bits per heavy atom. The van der Waals surface area contributed by atoms with Crippen molar-refractivity contribution in [1.82, 2.24) is 19.9 Å². The molecule has 0 radical (unpaired) electrons. The van der Waals surface area contributed by atoms with Crippen LogP contribution >= 0.6 is 0 Å². The Bertz CT molecular complexity index is 458. The van der Waals surface area contributed by atoms with E-state index in [4.69, 9.17) is 0 Å². The number of aromatic nitrogens is 3. The van der Waals surface area contributed by atoms with Crippen LogP contribution in [0.3, 0.4) is 0 Å². The van der Waals surface area contributed by atoms with Crippen LogP contribution in [0.15, 0.2) is 30.7 Å². The third kappa shape index (κ3) is 1.97. The van der Waals surface area contributed by atoms with Gasteiger partial charge in [-0.1, -0.05) is 6.07 Å². The fourth-order valence-electron chi connectivity index (χ4n) is 1.75. The topological polar surface area (TPSA) is 42.7 Å². The van der Waals surface area contributed by atoms with Gasteiger partial charge in [-0.05, 0) is 25.6 Å². The molecule has 1 N–H and O–H groups in total. The predicted molar refractivity (Wildman–Crippen MR) is 63.1 cm³/mol. The zero-order chi connectivity index (χ0) is 11.5. The Balaban J connectivity index is 2.37. The summed E-state index contributed by atoms with van der Waals surface area (Å²) in [5, 5.41) is 3.26. The first-order valence-electron chi connectivity index (χ1n) is 5.29. The van der Waals surface area contributed by atoms with Crippen molar-refractivity contribution < 1.29 is 0 Å². The van der Waals surface area contributed by atoms with E-state index in [9.17, 15) is 0 Å². The Morgan fingerprint density at radius 2 is 2.12 bits per heavy atom. The highest BCUT2D eigenvalue weighted by atomic mass is 15.1. The number of hydrogen-bond acceptors (Lipinski definition) is 3. The highest BCUT2D eigenvalue weighted by Gasteiger charge is 2.15. The van der Waals surface area contributed by atoms with Gasteiger partial charge in [0, 0.05) is 31.3 Å². The minimum atomic E-state index is 0.0908. The molecule has 0 aromatic carbocycles. The molecule has 2 rings (SSSR count). The fourth-order valence-corrected chi connectivity index (χ4v) is 1.75. The summed E-state index contributed by atoms with van der Waals surface area (Å²) in [6.45, 7) is 1.99. The zero-order valence-electron chi connectivity index (χ0n) is 9.81. The van der Waals surface area contributed by atoms with Gasteiger partial charge in [0.2, 0.25) is 0 Å². The number of imidazole rings is 1. The molecule has 2 aromatic heterocycles. The second-order valence-corrected chi connectivity index (χ2v) is 3.85. The molecule has 2 heterocycles. The second-order valence-electron chi connectivity index (χ2n) is 3.85. The summed E-state index contributed by atoms with van der Waals surface area (Å²) < 4.78 is 2.01. The molecule has 0 saturated carbocycles. The summed E-state index contributed by atoms with van der Waals surface area (Å²) in [5.41, 5.74) is 2.15. The molecule has 0 fully saturated rings. The van der Waals surface area contributed by atoms with E-state index < -0.39 is 0 Å². The predicted octanol–water partition coefficient (Wildman–Crippen LogP) is 1.43. The van der Waals surface area contributed by atoms with Crippen molar-refractivity contribution in [2.45, 2.75) is 13.0 Å². The molecule has 0 bridgehead atoms. The lowest BCUT2D eigenvalue weighted by atomic mass is 10.1. The van der Waals surface area contributed by atoms with Gasteiger partial charge in [-0.3, -0.25) is 4.98 Å². The van der Waals surface area contributed by atoms with Crippen molar-refractivity contribution in [1.29, 1.82) is 0 Å². The second kappa shape index (κ2) is 4.45. The maximum Gasteiger partial charge on any atom is 0.130 e. The number of hydrogen-bond donors (Lipinski definition) is 1. The molecule has 1 atom stereocenters. The van der Waals surface area contributed by atoms with E-state index in [1.807, 2.05) is 44.0 Å². The van der Waals surface area contributed by atoms with Crippen molar-refractivity contribution >= 4 is 0 Å². The van der Waals surface area contributed by atoms with Crippen molar-refractivity contribution in [3.63, 3.8) is 0 Å². The lowest BCUT2D eigenvalue weighted by Crippen LogP contribution is -2.21. The number of nitrogens with zero attached hydrogens (tertiary/aromatic N) is 3. The Kier molecular flexibility index (Phi) is 3.01. The fraction of sp³-hybridized carbons (Fsp3) is 0.333. The highest BCUT2D eigenvalue weighted by molar-refractivity contribution is 5.23. The van der Waals surface area contributed by atoms with Crippen LogP contribution in [-0.2, 0) is 7.05 Å². The van der Waals surface area contributed by atoms with Crippen LogP contribution in [0.5, 0.6) is 0 Å². The molecule has 0 spiro atoms.